The summed E-state index contributed by atoms with van der Waals surface area (Å²) in [5, 5.41) is 7.29. The monoisotopic (exact) mass is 235 g/mol. The number of rotatable bonds is 3. The van der Waals surface area contributed by atoms with Gasteiger partial charge in [-0.05, 0) is 30.2 Å². The fraction of sp³-hybridized carbons (Fsp3) is 0.167. The van der Waals surface area contributed by atoms with E-state index in [9.17, 15) is 8.78 Å². The standard InChI is InChI=1S/C12H11F2N3/c13-10-2-1-3-11(14)9(10)6-12(15)8-4-5-16-17-7-8/h1-5,7,12H,6,15H2. The summed E-state index contributed by atoms with van der Waals surface area (Å²) in [6.07, 6.45) is 3.07. The maximum Gasteiger partial charge on any atom is 0.129 e. The highest BCUT2D eigenvalue weighted by molar-refractivity contribution is 5.23. The van der Waals surface area contributed by atoms with Crippen LogP contribution in [0.2, 0.25) is 0 Å². The average molecular weight is 235 g/mol. The molecular formula is C12H11F2N3. The molecule has 17 heavy (non-hydrogen) atoms. The largest absolute Gasteiger partial charge is 0.324 e. The van der Waals surface area contributed by atoms with E-state index in [1.54, 1.807) is 6.07 Å². The van der Waals surface area contributed by atoms with E-state index in [1.807, 2.05) is 0 Å². The molecule has 88 valence electrons. The molecule has 0 amide bonds. The molecule has 1 unspecified atom stereocenters. The van der Waals surface area contributed by atoms with Crippen LogP contribution >= 0.6 is 0 Å². The van der Waals surface area contributed by atoms with Crippen molar-refractivity contribution in [1.29, 1.82) is 0 Å². The Morgan fingerprint density at radius 1 is 1.12 bits per heavy atom. The third-order valence-corrected chi connectivity index (χ3v) is 2.52. The van der Waals surface area contributed by atoms with Crippen LogP contribution in [0.5, 0.6) is 0 Å². The molecule has 2 N–H and O–H groups in total. The first-order valence-electron chi connectivity index (χ1n) is 5.13. The van der Waals surface area contributed by atoms with Gasteiger partial charge in [0.1, 0.15) is 11.6 Å². The summed E-state index contributed by atoms with van der Waals surface area (Å²) in [5.41, 5.74) is 6.56. The van der Waals surface area contributed by atoms with Crippen LogP contribution in [-0.4, -0.2) is 10.2 Å². The quantitative estimate of drug-likeness (QED) is 0.885. The van der Waals surface area contributed by atoms with Crippen LogP contribution in [0.4, 0.5) is 8.78 Å². The number of benzene rings is 1. The van der Waals surface area contributed by atoms with Crippen molar-refractivity contribution in [1.82, 2.24) is 10.2 Å². The third kappa shape index (κ3) is 2.62. The zero-order chi connectivity index (χ0) is 12.3. The van der Waals surface area contributed by atoms with Gasteiger partial charge in [0.15, 0.2) is 0 Å². The lowest BCUT2D eigenvalue weighted by Crippen LogP contribution is -2.15. The summed E-state index contributed by atoms with van der Waals surface area (Å²) in [7, 11) is 0. The predicted octanol–water partition coefficient (Wildman–Crippen LogP) is 2.00. The minimum absolute atomic E-state index is 0.00295. The first-order chi connectivity index (χ1) is 8.18. The smallest absolute Gasteiger partial charge is 0.129 e. The Morgan fingerprint density at radius 3 is 2.41 bits per heavy atom. The Morgan fingerprint density at radius 2 is 1.82 bits per heavy atom. The van der Waals surface area contributed by atoms with E-state index >= 15 is 0 Å². The normalized spacial score (nSPS) is 12.4. The molecule has 5 heteroatoms. The average Bonchev–Trinajstić information content (AvgIpc) is 2.35. The lowest BCUT2D eigenvalue weighted by molar-refractivity contribution is 0.539. The summed E-state index contributed by atoms with van der Waals surface area (Å²) in [6, 6.07) is 4.94. The number of halogens is 2. The van der Waals surface area contributed by atoms with Crippen LogP contribution in [-0.2, 0) is 6.42 Å². The van der Waals surface area contributed by atoms with E-state index in [0.29, 0.717) is 5.56 Å². The maximum atomic E-state index is 13.4. The highest BCUT2D eigenvalue weighted by atomic mass is 19.1. The lowest BCUT2D eigenvalue weighted by Gasteiger charge is -2.12. The van der Waals surface area contributed by atoms with Crippen LogP contribution in [0.15, 0.2) is 36.7 Å². The zero-order valence-corrected chi connectivity index (χ0v) is 8.98. The first kappa shape index (κ1) is 11.6. The summed E-state index contributed by atoms with van der Waals surface area (Å²) >= 11 is 0. The van der Waals surface area contributed by atoms with Gasteiger partial charge in [-0.15, -0.1) is 0 Å². The molecule has 0 aliphatic rings. The van der Waals surface area contributed by atoms with Crippen molar-refractivity contribution in [2.45, 2.75) is 12.5 Å². The van der Waals surface area contributed by atoms with Crippen molar-refractivity contribution in [3.8, 4) is 0 Å². The van der Waals surface area contributed by atoms with Gasteiger partial charge in [-0.3, -0.25) is 0 Å². The molecule has 0 fully saturated rings. The van der Waals surface area contributed by atoms with Crippen LogP contribution in [0.25, 0.3) is 0 Å². The molecule has 0 bridgehead atoms. The maximum absolute atomic E-state index is 13.4. The lowest BCUT2D eigenvalue weighted by atomic mass is 10.0. The summed E-state index contributed by atoms with van der Waals surface area (Å²) in [4.78, 5) is 0. The van der Waals surface area contributed by atoms with E-state index in [-0.39, 0.29) is 12.0 Å². The van der Waals surface area contributed by atoms with Crippen molar-refractivity contribution in [2.24, 2.45) is 5.73 Å². The number of nitrogens with zero attached hydrogens (tertiary/aromatic N) is 2. The second-order valence-corrected chi connectivity index (χ2v) is 3.69. The van der Waals surface area contributed by atoms with Gasteiger partial charge in [0.2, 0.25) is 0 Å². The molecular weight excluding hydrogens is 224 g/mol. The van der Waals surface area contributed by atoms with Crippen molar-refractivity contribution in [3.05, 3.63) is 59.4 Å². The van der Waals surface area contributed by atoms with E-state index in [2.05, 4.69) is 10.2 Å². The van der Waals surface area contributed by atoms with Crippen molar-refractivity contribution >= 4 is 0 Å². The molecule has 0 saturated carbocycles. The Balaban J connectivity index is 2.22. The number of nitrogens with two attached hydrogens (primary N) is 1. The first-order valence-corrected chi connectivity index (χ1v) is 5.13. The molecule has 2 aromatic rings. The molecule has 0 aliphatic carbocycles. The van der Waals surface area contributed by atoms with E-state index in [4.69, 9.17) is 5.73 Å². The van der Waals surface area contributed by atoms with Gasteiger partial charge < -0.3 is 5.73 Å². The zero-order valence-electron chi connectivity index (χ0n) is 8.98. The van der Waals surface area contributed by atoms with Crippen molar-refractivity contribution in [3.63, 3.8) is 0 Å². The Kier molecular flexibility index (Phi) is 3.39. The van der Waals surface area contributed by atoms with Crippen LogP contribution in [0.3, 0.4) is 0 Å². The van der Waals surface area contributed by atoms with Gasteiger partial charge in [-0.25, -0.2) is 8.78 Å². The summed E-state index contributed by atoms with van der Waals surface area (Å²) in [6.45, 7) is 0. The van der Waals surface area contributed by atoms with Crippen molar-refractivity contribution in [2.75, 3.05) is 0 Å². The minimum atomic E-state index is -0.581. The van der Waals surface area contributed by atoms with Gasteiger partial charge in [0.05, 0.1) is 6.20 Å². The highest BCUT2D eigenvalue weighted by Crippen LogP contribution is 2.19. The van der Waals surface area contributed by atoms with Gasteiger partial charge in [-0.1, -0.05) is 6.07 Å². The number of aromatic nitrogens is 2. The molecule has 1 heterocycles. The van der Waals surface area contributed by atoms with Gasteiger partial charge >= 0.3 is 0 Å². The molecule has 0 aliphatic heterocycles. The number of hydrogen-bond acceptors (Lipinski definition) is 3. The fourth-order valence-corrected chi connectivity index (χ4v) is 1.59. The summed E-state index contributed by atoms with van der Waals surface area (Å²) < 4.78 is 26.8. The topological polar surface area (TPSA) is 51.8 Å². The number of hydrogen-bond donors (Lipinski definition) is 1. The minimum Gasteiger partial charge on any atom is -0.324 e. The van der Waals surface area contributed by atoms with Crippen LogP contribution < -0.4 is 5.73 Å². The molecule has 1 atom stereocenters. The van der Waals surface area contributed by atoms with Gasteiger partial charge in [0, 0.05) is 17.8 Å². The van der Waals surface area contributed by atoms with E-state index in [0.717, 1.165) is 0 Å². The molecule has 1 aromatic heterocycles. The second-order valence-electron chi connectivity index (χ2n) is 3.69. The van der Waals surface area contributed by atoms with Crippen LogP contribution in [0, 0.1) is 11.6 Å². The fourth-order valence-electron chi connectivity index (χ4n) is 1.59. The molecule has 0 saturated heterocycles. The van der Waals surface area contributed by atoms with Gasteiger partial charge in [-0.2, -0.15) is 10.2 Å². The van der Waals surface area contributed by atoms with E-state index < -0.39 is 17.7 Å². The summed E-state index contributed by atoms with van der Waals surface area (Å²) in [5.74, 6) is -1.16. The predicted molar refractivity (Wildman–Crippen MR) is 59.0 cm³/mol. The molecule has 2 rings (SSSR count). The molecule has 0 spiro atoms. The van der Waals surface area contributed by atoms with Crippen molar-refractivity contribution < 1.29 is 8.78 Å². The molecule has 3 nitrogen and oxygen atoms in total. The molecule has 1 aromatic carbocycles. The highest BCUT2D eigenvalue weighted by Gasteiger charge is 2.14. The SMILES string of the molecule is NC(Cc1c(F)cccc1F)c1ccnnc1. The molecule has 0 radical (unpaired) electrons. The Bertz CT molecular complexity index is 482. The van der Waals surface area contributed by atoms with E-state index in [1.165, 1.54) is 30.6 Å². The van der Waals surface area contributed by atoms with Crippen LogP contribution in [0.1, 0.15) is 17.2 Å². The second kappa shape index (κ2) is 4.97. The van der Waals surface area contributed by atoms with Gasteiger partial charge in [0.25, 0.3) is 0 Å². The Labute approximate surface area is 97.3 Å². The Hall–Kier alpha value is -1.88. The third-order valence-electron chi connectivity index (χ3n) is 2.52.